The van der Waals surface area contributed by atoms with Gasteiger partial charge in [0.2, 0.25) is 11.8 Å². The third kappa shape index (κ3) is 7.21. The maximum atomic E-state index is 12.5. The number of thioether (sulfide) groups is 1. The monoisotopic (exact) mass is 442 g/mol. The molecule has 2 aromatic carbocycles. The van der Waals surface area contributed by atoms with Crippen molar-refractivity contribution in [3.63, 3.8) is 0 Å². The lowest BCUT2D eigenvalue weighted by atomic mass is 10.1. The number of nitrogens with one attached hydrogen (secondary N) is 1. The number of likely N-dealkylation sites (tertiary alicyclic amines) is 1. The Morgan fingerprint density at radius 1 is 1.06 bits per heavy atom. The van der Waals surface area contributed by atoms with Crippen molar-refractivity contribution in [1.29, 1.82) is 0 Å². The average molecular weight is 443 g/mol. The SMILES string of the molecule is CCOc1ccccc1OC1CCN(C(=O)CSCC(=O)Nc2cccc(C)c2)CC1. The molecule has 0 bridgehead atoms. The van der Waals surface area contributed by atoms with Crippen molar-refractivity contribution in [2.45, 2.75) is 32.8 Å². The fraction of sp³-hybridized carbons (Fsp3) is 0.417. The maximum Gasteiger partial charge on any atom is 0.234 e. The van der Waals surface area contributed by atoms with Gasteiger partial charge in [-0.2, -0.15) is 0 Å². The first-order chi connectivity index (χ1) is 15.0. The zero-order valence-electron chi connectivity index (χ0n) is 18.1. The number of ether oxygens (including phenoxy) is 2. The topological polar surface area (TPSA) is 67.9 Å². The highest BCUT2D eigenvalue weighted by Crippen LogP contribution is 2.29. The van der Waals surface area contributed by atoms with Crippen molar-refractivity contribution in [1.82, 2.24) is 4.90 Å². The smallest absolute Gasteiger partial charge is 0.234 e. The number of anilines is 1. The van der Waals surface area contributed by atoms with Crippen LogP contribution < -0.4 is 14.8 Å². The Hall–Kier alpha value is -2.67. The minimum Gasteiger partial charge on any atom is -0.490 e. The quantitative estimate of drug-likeness (QED) is 0.632. The molecule has 1 heterocycles. The van der Waals surface area contributed by atoms with E-state index in [9.17, 15) is 9.59 Å². The lowest BCUT2D eigenvalue weighted by molar-refractivity contribution is -0.130. The molecule has 2 amide bonds. The number of piperidine rings is 1. The normalized spacial score (nSPS) is 14.2. The van der Waals surface area contributed by atoms with Crippen molar-refractivity contribution in [3.8, 4) is 11.5 Å². The second kappa shape index (κ2) is 11.6. The van der Waals surface area contributed by atoms with Gasteiger partial charge < -0.3 is 19.7 Å². The predicted molar refractivity (Wildman–Crippen MR) is 125 cm³/mol. The molecule has 0 aromatic heterocycles. The number of carbonyl (C=O) groups excluding carboxylic acids is 2. The molecule has 0 unspecified atom stereocenters. The van der Waals surface area contributed by atoms with Crippen molar-refractivity contribution in [3.05, 3.63) is 54.1 Å². The van der Waals surface area contributed by atoms with Gasteiger partial charge in [0.1, 0.15) is 6.10 Å². The summed E-state index contributed by atoms with van der Waals surface area (Å²) in [4.78, 5) is 26.4. The Kier molecular flexibility index (Phi) is 8.64. The van der Waals surface area contributed by atoms with E-state index in [4.69, 9.17) is 9.47 Å². The van der Waals surface area contributed by atoms with Crippen LogP contribution in [-0.2, 0) is 9.59 Å². The van der Waals surface area contributed by atoms with Gasteiger partial charge in [0.05, 0.1) is 18.1 Å². The van der Waals surface area contributed by atoms with E-state index in [1.165, 1.54) is 11.8 Å². The van der Waals surface area contributed by atoms with Crippen LogP contribution in [0.4, 0.5) is 5.69 Å². The van der Waals surface area contributed by atoms with Gasteiger partial charge in [0, 0.05) is 31.6 Å². The van der Waals surface area contributed by atoms with Gasteiger partial charge in [0.15, 0.2) is 11.5 Å². The average Bonchev–Trinajstić information content (AvgIpc) is 2.76. The van der Waals surface area contributed by atoms with E-state index in [-0.39, 0.29) is 23.7 Å². The molecule has 1 saturated heterocycles. The Labute approximate surface area is 188 Å². The molecule has 6 nitrogen and oxygen atoms in total. The van der Waals surface area contributed by atoms with Crippen LogP contribution in [-0.4, -0.2) is 54.0 Å². The Balaban J connectivity index is 1.37. The number of aryl methyl sites for hydroxylation is 1. The zero-order valence-corrected chi connectivity index (χ0v) is 19.0. The first-order valence-electron chi connectivity index (χ1n) is 10.7. The van der Waals surface area contributed by atoms with Gasteiger partial charge in [-0.1, -0.05) is 24.3 Å². The van der Waals surface area contributed by atoms with E-state index in [1.807, 2.05) is 67.3 Å². The van der Waals surface area contributed by atoms with E-state index in [0.29, 0.717) is 25.4 Å². The minimum atomic E-state index is -0.0940. The second-order valence-electron chi connectivity index (χ2n) is 7.49. The van der Waals surface area contributed by atoms with E-state index < -0.39 is 0 Å². The van der Waals surface area contributed by atoms with Crippen LogP contribution >= 0.6 is 11.8 Å². The standard InChI is InChI=1S/C24H30N2O4S/c1-3-29-21-9-4-5-10-22(21)30-20-11-13-26(14-12-20)24(28)17-31-16-23(27)25-19-8-6-7-18(2)15-19/h4-10,15,20H,3,11-14,16-17H2,1-2H3,(H,25,27). The number of hydrogen-bond donors (Lipinski definition) is 1. The molecular weight excluding hydrogens is 412 g/mol. The van der Waals surface area contributed by atoms with E-state index in [1.54, 1.807) is 0 Å². The first kappa shape index (κ1) is 23.0. The van der Waals surface area contributed by atoms with Crippen molar-refractivity contribution in [2.75, 3.05) is 36.5 Å². The summed E-state index contributed by atoms with van der Waals surface area (Å²) in [5, 5.41) is 2.87. The molecule has 0 spiro atoms. The molecule has 0 saturated carbocycles. The van der Waals surface area contributed by atoms with E-state index in [2.05, 4.69) is 5.32 Å². The van der Waals surface area contributed by atoms with Crippen LogP contribution in [0, 0.1) is 6.92 Å². The van der Waals surface area contributed by atoms with E-state index in [0.717, 1.165) is 35.6 Å². The predicted octanol–water partition coefficient (Wildman–Crippen LogP) is 4.14. The summed E-state index contributed by atoms with van der Waals surface area (Å²) in [5.74, 6) is 2.05. The van der Waals surface area contributed by atoms with E-state index >= 15 is 0 Å². The van der Waals surface area contributed by atoms with Gasteiger partial charge in [-0.3, -0.25) is 9.59 Å². The second-order valence-corrected chi connectivity index (χ2v) is 8.47. The Morgan fingerprint density at radius 2 is 1.81 bits per heavy atom. The molecule has 2 aromatic rings. The Bertz CT molecular complexity index is 881. The van der Waals surface area contributed by atoms with Crippen LogP contribution in [0.5, 0.6) is 11.5 Å². The summed E-state index contributed by atoms with van der Waals surface area (Å²) < 4.78 is 11.7. The van der Waals surface area contributed by atoms with Crippen LogP contribution in [0.1, 0.15) is 25.3 Å². The fourth-order valence-corrected chi connectivity index (χ4v) is 4.18. The van der Waals surface area contributed by atoms with Gasteiger partial charge in [-0.15, -0.1) is 11.8 Å². The molecule has 0 radical (unpaired) electrons. The highest BCUT2D eigenvalue weighted by atomic mass is 32.2. The van der Waals surface area contributed by atoms with Crippen LogP contribution in [0.3, 0.4) is 0 Å². The zero-order chi connectivity index (χ0) is 22.1. The molecule has 1 fully saturated rings. The number of para-hydroxylation sites is 2. The van der Waals surface area contributed by atoms with Crippen LogP contribution in [0.15, 0.2) is 48.5 Å². The number of rotatable bonds is 9. The third-order valence-corrected chi connectivity index (χ3v) is 5.92. The number of amides is 2. The summed E-state index contributed by atoms with van der Waals surface area (Å²) >= 11 is 1.35. The molecule has 7 heteroatoms. The highest BCUT2D eigenvalue weighted by molar-refractivity contribution is 8.00. The first-order valence-corrected chi connectivity index (χ1v) is 11.8. The summed E-state index contributed by atoms with van der Waals surface area (Å²) in [6.45, 7) is 5.85. The van der Waals surface area contributed by atoms with Gasteiger partial charge in [-0.05, 0) is 43.7 Å². The maximum absolute atomic E-state index is 12.5. The lowest BCUT2D eigenvalue weighted by Gasteiger charge is -2.32. The largest absolute Gasteiger partial charge is 0.490 e. The third-order valence-electron chi connectivity index (χ3n) is 5.00. The minimum absolute atomic E-state index is 0.0680. The molecule has 166 valence electrons. The lowest BCUT2D eigenvalue weighted by Crippen LogP contribution is -2.42. The Morgan fingerprint density at radius 3 is 2.52 bits per heavy atom. The van der Waals surface area contributed by atoms with Crippen molar-refractivity contribution >= 4 is 29.3 Å². The molecule has 0 aliphatic carbocycles. The summed E-state index contributed by atoms with van der Waals surface area (Å²) in [6, 6.07) is 15.4. The highest BCUT2D eigenvalue weighted by Gasteiger charge is 2.24. The number of hydrogen-bond acceptors (Lipinski definition) is 5. The van der Waals surface area contributed by atoms with Crippen LogP contribution in [0.2, 0.25) is 0 Å². The fourth-order valence-electron chi connectivity index (χ4n) is 3.47. The summed E-state index contributed by atoms with van der Waals surface area (Å²) in [7, 11) is 0. The molecular formula is C24H30N2O4S. The molecule has 3 rings (SSSR count). The van der Waals surface area contributed by atoms with Crippen molar-refractivity contribution in [2.24, 2.45) is 0 Å². The van der Waals surface area contributed by atoms with Gasteiger partial charge >= 0.3 is 0 Å². The van der Waals surface area contributed by atoms with Gasteiger partial charge in [-0.25, -0.2) is 0 Å². The van der Waals surface area contributed by atoms with Crippen molar-refractivity contribution < 1.29 is 19.1 Å². The molecule has 0 atom stereocenters. The number of nitrogens with zero attached hydrogens (tertiary/aromatic N) is 1. The molecule has 1 N–H and O–H groups in total. The molecule has 31 heavy (non-hydrogen) atoms. The summed E-state index contributed by atoms with van der Waals surface area (Å²) in [6.07, 6.45) is 1.63. The van der Waals surface area contributed by atoms with Gasteiger partial charge in [0.25, 0.3) is 0 Å². The molecule has 1 aliphatic rings. The summed E-state index contributed by atoms with van der Waals surface area (Å²) in [5.41, 5.74) is 1.87. The molecule has 1 aliphatic heterocycles. The number of benzene rings is 2. The number of carbonyl (C=O) groups is 2. The van der Waals surface area contributed by atoms with Crippen LogP contribution in [0.25, 0.3) is 0 Å².